The van der Waals surface area contributed by atoms with Crippen LogP contribution in [-0.2, 0) is 20.9 Å². The molecule has 0 spiro atoms. The Morgan fingerprint density at radius 3 is 2.50 bits per heavy atom. The molecular weight excluding hydrogens is 384 g/mol. The zero-order chi connectivity index (χ0) is 21.3. The lowest BCUT2D eigenvalue weighted by Gasteiger charge is -2.23. The molecule has 30 heavy (non-hydrogen) atoms. The highest BCUT2D eigenvalue weighted by atomic mass is 16.5. The molecule has 160 valence electrons. The second kappa shape index (κ2) is 10.6. The van der Waals surface area contributed by atoms with Crippen molar-refractivity contribution in [1.82, 2.24) is 15.4 Å². The molecule has 3 amide bonds. The molecule has 8 heteroatoms. The van der Waals surface area contributed by atoms with Crippen molar-refractivity contribution in [3.63, 3.8) is 0 Å². The maximum atomic E-state index is 12.8. The number of benzene rings is 1. The summed E-state index contributed by atoms with van der Waals surface area (Å²) in [7, 11) is 0. The van der Waals surface area contributed by atoms with Gasteiger partial charge in [0.05, 0.1) is 6.54 Å². The zero-order valence-electron chi connectivity index (χ0n) is 17.2. The number of nitrogens with zero attached hydrogens (tertiary/aromatic N) is 2. The van der Waals surface area contributed by atoms with Gasteiger partial charge in [-0.3, -0.25) is 14.4 Å². The Kier molecular flexibility index (Phi) is 7.59. The molecule has 2 N–H and O–H groups in total. The minimum absolute atomic E-state index is 0.000273. The van der Waals surface area contributed by atoms with Gasteiger partial charge >= 0.3 is 0 Å². The van der Waals surface area contributed by atoms with Gasteiger partial charge in [-0.05, 0) is 25.3 Å². The van der Waals surface area contributed by atoms with Crippen molar-refractivity contribution in [3.8, 4) is 0 Å². The largest absolute Gasteiger partial charge is 0.360 e. The van der Waals surface area contributed by atoms with Gasteiger partial charge in [0.1, 0.15) is 5.76 Å². The van der Waals surface area contributed by atoms with Gasteiger partial charge < -0.3 is 20.1 Å². The number of nitrogens with one attached hydrogen (secondary N) is 2. The zero-order valence-corrected chi connectivity index (χ0v) is 17.2. The first kappa shape index (κ1) is 21.5. The number of aryl methyl sites for hydroxylation is 1. The summed E-state index contributed by atoms with van der Waals surface area (Å²) >= 11 is 0. The number of rotatable bonds is 9. The molecule has 1 fully saturated rings. The average Bonchev–Trinajstić information content (AvgIpc) is 3.38. The molecule has 0 unspecified atom stereocenters. The van der Waals surface area contributed by atoms with E-state index in [2.05, 4.69) is 15.8 Å². The average molecular weight is 412 g/mol. The van der Waals surface area contributed by atoms with E-state index in [0.717, 1.165) is 31.2 Å². The van der Waals surface area contributed by atoms with Crippen molar-refractivity contribution in [2.75, 3.05) is 11.9 Å². The highest BCUT2D eigenvalue weighted by molar-refractivity contribution is 5.93. The molecule has 3 rings (SSSR count). The van der Waals surface area contributed by atoms with Crippen molar-refractivity contribution >= 4 is 23.5 Å². The van der Waals surface area contributed by atoms with Crippen LogP contribution in [0.3, 0.4) is 0 Å². The van der Waals surface area contributed by atoms with Crippen LogP contribution in [0.5, 0.6) is 0 Å². The van der Waals surface area contributed by atoms with Crippen molar-refractivity contribution < 1.29 is 18.9 Å². The lowest BCUT2D eigenvalue weighted by Crippen LogP contribution is -2.43. The molecule has 0 atom stereocenters. The van der Waals surface area contributed by atoms with Crippen molar-refractivity contribution in [2.24, 2.45) is 0 Å². The molecule has 1 heterocycles. The SMILES string of the molecule is Cc1cc(NC(=O)CCC(=O)N(CC(=O)NC2CCCC2)Cc2ccccc2)no1. The van der Waals surface area contributed by atoms with Gasteiger partial charge in [-0.1, -0.05) is 48.3 Å². The van der Waals surface area contributed by atoms with Crippen molar-refractivity contribution in [3.05, 3.63) is 47.7 Å². The fourth-order valence-electron chi connectivity index (χ4n) is 3.56. The Morgan fingerprint density at radius 2 is 1.83 bits per heavy atom. The number of hydrogen-bond acceptors (Lipinski definition) is 5. The van der Waals surface area contributed by atoms with Crippen LogP contribution in [0.1, 0.15) is 49.8 Å². The summed E-state index contributed by atoms with van der Waals surface area (Å²) in [5.74, 6) is 0.179. The first-order valence-electron chi connectivity index (χ1n) is 10.3. The first-order valence-corrected chi connectivity index (χ1v) is 10.3. The molecule has 0 bridgehead atoms. The van der Waals surface area contributed by atoms with E-state index in [9.17, 15) is 14.4 Å². The predicted octanol–water partition coefficient (Wildman–Crippen LogP) is 2.79. The molecule has 0 aliphatic heterocycles. The van der Waals surface area contributed by atoms with Crippen LogP contribution < -0.4 is 10.6 Å². The van der Waals surface area contributed by atoms with Gasteiger partial charge in [0.15, 0.2) is 5.82 Å². The summed E-state index contributed by atoms with van der Waals surface area (Å²) in [5.41, 5.74) is 0.932. The molecule has 0 saturated heterocycles. The number of amides is 3. The summed E-state index contributed by atoms with van der Waals surface area (Å²) in [6.07, 6.45) is 4.22. The maximum absolute atomic E-state index is 12.8. The monoisotopic (exact) mass is 412 g/mol. The van der Waals surface area contributed by atoms with Gasteiger partial charge in [0, 0.05) is 31.5 Å². The molecule has 8 nitrogen and oxygen atoms in total. The van der Waals surface area contributed by atoms with E-state index >= 15 is 0 Å². The number of anilines is 1. The van der Waals surface area contributed by atoms with E-state index < -0.39 is 0 Å². The van der Waals surface area contributed by atoms with Gasteiger partial charge in [0.25, 0.3) is 0 Å². The smallest absolute Gasteiger partial charge is 0.239 e. The maximum Gasteiger partial charge on any atom is 0.239 e. The normalized spacial score (nSPS) is 13.8. The van der Waals surface area contributed by atoms with Gasteiger partial charge in [0.2, 0.25) is 17.7 Å². The van der Waals surface area contributed by atoms with Gasteiger partial charge in [-0.15, -0.1) is 0 Å². The topological polar surface area (TPSA) is 105 Å². The van der Waals surface area contributed by atoms with Gasteiger partial charge in [-0.25, -0.2) is 0 Å². The quantitative estimate of drug-likeness (QED) is 0.659. The lowest BCUT2D eigenvalue weighted by atomic mass is 10.2. The van der Waals surface area contributed by atoms with Crippen molar-refractivity contribution in [2.45, 2.75) is 58.0 Å². The number of hydrogen-bond donors (Lipinski definition) is 2. The number of carbonyl (C=O) groups excluding carboxylic acids is 3. The van der Waals surface area contributed by atoms with Gasteiger partial charge in [-0.2, -0.15) is 0 Å². The van der Waals surface area contributed by atoms with E-state index in [1.54, 1.807) is 13.0 Å². The van der Waals surface area contributed by atoms with Crippen LogP contribution in [0.25, 0.3) is 0 Å². The van der Waals surface area contributed by atoms with Crippen LogP contribution in [-0.4, -0.2) is 40.4 Å². The Bertz CT molecular complexity index is 859. The van der Waals surface area contributed by atoms with Crippen LogP contribution in [0.15, 0.2) is 40.9 Å². The Labute approximate surface area is 176 Å². The highest BCUT2D eigenvalue weighted by Gasteiger charge is 2.22. The fraction of sp³-hybridized carbons (Fsp3) is 0.455. The molecule has 1 aromatic heterocycles. The molecule has 1 saturated carbocycles. The molecule has 2 aromatic rings. The van der Waals surface area contributed by atoms with E-state index in [1.165, 1.54) is 4.90 Å². The van der Waals surface area contributed by atoms with Crippen LogP contribution in [0, 0.1) is 6.92 Å². The molecular formula is C22H28N4O4. The summed E-state index contributed by atoms with van der Waals surface area (Å²) in [6.45, 7) is 2.03. The summed E-state index contributed by atoms with van der Waals surface area (Å²) in [4.78, 5) is 38.9. The van der Waals surface area contributed by atoms with Crippen LogP contribution >= 0.6 is 0 Å². The first-order chi connectivity index (χ1) is 14.5. The minimum atomic E-state index is -0.327. The summed E-state index contributed by atoms with van der Waals surface area (Å²) in [5, 5.41) is 9.33. The predicted molar refractivity (Wildman–Crippen MR) is 111 cm³/mol. The minimum Gasteiger partial charge on any atom is -0.360 e. The molecule has 1 aromatic carbocycles. The third-order valence-electron chi connectivity index (χ3n) is 5.09. The molecule has 1 aliphatic rings. The number of aromatic nitrogens is 1. The standard InChI is InChI=1S/C22H28N4O4/c1-16-13-19(25-30-16)24-20(27)11-12-22(29)26(14-17-7-3-2-4-8-17)15-21(28)23-18-9-5-6-10-18/h2-4,7-8,13,18H,5-6,9-12,14-15H2,1H3,(H,23,28)(H,24,25,27). The Morgan fingerprint density at radius 1 is 1.10 bits per heavy atom. The second-order valence-corrected chi connectivity index (χ2v) is 7.66. The molecule has 0 radical (unpaired) electrons. The highest BCUT2D eigenvalue weighted by Crippen LogP contribution is 2.17. The summed E-state index contributed by atoms with van der Waals surface area (Å²) in [6, 6.07) is 11.3. The number of carbonyl (C=O) groups is 3. The van der Waals surface area contributed by atoms with Crippen molar-refractivity contribution in [1.29, 1.82) is 0 Å². The lowest BCUT2D eigenvalue weighted by molar-refractivity contribution is -0.137. The van der Waals surface area contributed by atoms with E-state index in [1.807, 2.05) is 30.3 Å². The van der Waals surface area contributed by atoms with E-state index in [-0.39, 0.29) is 43.1 Å². The third-order valence-corrected chi connectivity index (χ3v) is 5.09. The second-order valence-electron chi connectivity index (χ2n) is 7.66. The Balaban J connectivity index is 1.55. The summed E-state index contributed by atoms with van der Waals surface area (Å²) < 4.78 is 4.91. The van der Waals surface area contributed by atoms with E-state index in [0.29, 0.717) is 18.1 Å². The molecule has 1 aliphatic carbocycles. The fourth-order valence-corrected chi connectivity index (χ4v) is 3.56. The van der Waals surface area contributed by atoms with Crippen LogP contribution in [0.2, 0.25) is 0 Å². The third kappa shape index (κ3) is 6.72. The van der Waals surface area contributed by atoms with Crippen LogP contribution in [0.4, 0.5) is 5.82 Å². The van der Waals surface area contributed by atoms with E-state index in [4.69, 9.17) is 4.52 Å². The Hall–Kier alpha value is -3.16.